The molecule has 2 saturated heterocycles. The molecule has 1 unspecified atom stereocenters. The quantitative estimate of drug-likeness (QED) is 0.602. The standard InChI is InChI=1S/C9H16N2O3/c1-9(13)5-11(6-9)8(12)10-7-2-3-14-4-7/h7,13H,2-6H2,1H3,(H,10,12). The Morgan fingerprint density at radius 1 is 1.64 bits per heavy atom. The summed E-state index contributed by atoms with van der Waals surface area (Å²) in [6, 6.07) is 0.0556. The van der Waals surface area contributed by atoms with Crippen molar-refractivity contribution in [2.75, 3.05) is 26.3 Å². The van der Waals surface area contributed by atoms with Crippen LogP contribution in [0.5, 0.6) is 0 Å². The average Bonchev–Trinajstić information content (AvgIpc) is 2.52. The zero-order chi connectivity index (χ0) is 10.2. The molecule has 1 atom stereocenters. The number of hydrogen-bond donors (Lipinski definition) is 2. The van der Waals surface area contributed by atoms with E-state index in [9.17, 15) is 9.90 Å². The van der Waals surface area contributed by atoms with Gasteiger partial charge in [-0.05, 0) is 13.3 Å². The number of aliphatic hydroxyl groups is 1. The first-order chi connectivity index (χ1) is 6.57. The number of β-amino-alcohol motifs (C(OH)–C–C–N with tert-alkyl or cyclic N) is 1. The summed E-state index contributed by atoms with van der Waals surface area (Å²) < 4.78 is 5.15. The van der Waals surface area contributed by atoms with Crippen molar-refractivity contribution >= 4 is 6.03 Å². The lowest BCUT2D eigenvalue weighted by molar-refractivity contribution is -0.0610. The molecule has 2 aliphatic rings. The number of rotatable bonds is 1. The smallest absolute Gasteiger partial charge is 0.317 e. The molecule has 0 aliphatic carbocycles. The molecule has 2 aliphatic heterocycles. The molecule has 0 spiro atoms. The maximum absolute atomic E-state index is 11.5. The van der Waals surface area contributed by atoms with Gasteiger partial charge in [-0.25, -0.2) is 4.79 Å². The molecule has 0 aromatic carbocycles. The highest BCUT2D eigenvalue weighted by molar-refractivity contribution is 5.75. The van der Waals surface area contributed by atoms with E-state index in [1.807, 2.05) is 0 Å². The molecule has 5 heteroatoms. The Morgan fingerprint density at radius 3 is 2.86 bits per heavy atom. The second-order valence-electron chi connectivity index (χ2n) is 4.36. The first kappa shape index (κ1) is 9.73. The molecule has 80 valence electrons. The summed E-state index contributed by atoms with van der Waals surface area (Å²) in [7, 11) is 0. The molecular weight excluding hydrogens is 184 g/mol. The van der Waals surface area contributed by atoms with Gasteiger partial charge in [-0.15, -0.1) is 0 Å². The third kappa shape index (κ3) is 1.99. The summed E-state index contributed by atoms with van der Waals surface area (Å²) in [5.74, 6) is 0. The van der Waals surface area contributed by atoms with Crippen LogP contribution in [0.4, 0.5) is 4.79 Å². The van der Waals surface area contributed by atoms with Crippen LogP contribution in [0.15, 0.2) is 0 Å². The Hall–Kier alpha value is -0.810. The highest BCUT2D eigenvalue weighted by atomic mass is 16.5. The van der Waals surface area contributed by atoms with Crippen molar-refractivity contribution in [3.63, 3.8) is 0 Å². The predicted octanol–water partition coefficient (Wildman–Crippen LogP) is -0.448. The van der Waals surface area contributed by atoms with E-state index in [0.717, 1.165) is 13.0 Å². The van der Waals surface area contributed by atoms with Gasteiger partial charge in [0.05, 0.1) is 31.3 Å². The van der Waals surface area contributed by atoms with Crippen molar-refractivity contribution in [3.05, 3.63) is 0 Å². The van der Waals surface area contributed by atoms with Crippen LogP contribution in [0.2, 0.25) is 0 Å². The maximum Gasteiger partial charge on any atom is 0.317 e. The van der Waals surface area contributed by atoms with Crippen molar-refractivity contribution in [1.82, 2.24) is 10.2 Å². The fourth-order valence-electron chi connectivity index (χ4n) is 1.83. The van der Waals surface area contributed by atoms with E-state index in [1.54, 1.807) is 11.8 Å². The average molecular weight is 200 g/mol. The van der Waals surface area contributed by atoms with Crippen molar-refractivity contribution in [1.29, 1.82) is 0 Å². The summed E-state index contributed by atoms with van der Waals surface area (Å²) in [6.07, 6.45) is 0.885. The topological polar surface area (TPSA) is 61.8 Å². The van der Waals surface area contributed by atoms with Crippen LogP contribution < -0.4 is 5.32 Å². The SMILES string of the molecule is CC1(O)CN(C(=O)NC2CCOC2)C1. The Morgan fingerprint density at radius 2 is 2.36 bits per heavy atom. The molecule has 0 aromatic rings. The van der Waals surface area contributed by atoms with E-state index < -0.39 is 5.60 Å². The highest BCUT2D eigenvalue weighted by Gasteiger charge is 2.39. The Labute approximate surface area is 83.0 Å². The van der Waals surface area contributed by atoms with Gasteiger partial charge in [0.15, 0.2) is 0 Å². The molecule has 2 amide bonds. The van der Waals surface area contributed by atoms with E-state index in [2.05, 4.69) is 5.32 Å². The van der Waals surface area contributed by atoms with Crippen molar-refractivity contribution in [2.45, 2.75) is 25.0 Å². The zero-order valence-electron chi connectivity index (χ0n) is 8.32. The minimum Gasteiger partial charge on any atom is -0.386 e. The minimum atomic E-state index is -0.691. The van der Waals surface area contributed by atoms with Gasteiger partial charge in [-0.1, -0.05) is 0 Å². The molecule has 0 radical (unpaired) electrons. The van der Waals surface area contributed by atoms with Crippen LogP contribution in [-0.4, -0.2) is 54.0 Å². The lowest BCUT2D eigenvalue weighted by Crippen LogP contribution is -2.64. The van der Waals surface area contributed by atoms with Gasteiger partial charge in [-0.3, -0.25) is 0 Å². The third-order valence-corrected chi connectivity index (χ3v) is 2.61. The number of carbonyl (C=O) groups excluding carboxylic acids is 1. The minimum absolute atomic E-state index is 0.0907. The summed E-state index contributed by atoms with van der Waals surface area (Å²) in [5.41, 5.74) is -0.691. The molecule has 0 saturated carbocycles. The number of likely N-dealkylation sites (tertiary alicyclic amines) is 1. The Balaban J connectivity index is 1.74. The van der Waals surface area contributed by atoms with E-state index in [-0.39, 0.29) is 12.1 Å². The van der Waals surface area contributed by atoms with Crippen molar-refractivity contribution in [2.24, 2.45) is 0 Å². The fraction of sp³-hybridized carbons (Fsp3) is 0.889. The second-order valence-corrected chi connectivity index (χ2v) is 4.36. The Kier molecular flexibility index (Phi) is 2.36. The first-order valence-electron chi connectivity index (χ1n) is 4.92. The van der Waals surface area contributed by atoms with Gasteiger partial charge >= 0.3 is 6.03 Å². The van der Waals surface area contributed by atoms with Crippen LogP contribution in [0, 0.1) is 0 Å². The van der Waals surface area contributed by atoms with Gasteiger partial charge in [0.25, 0.3) is 0 Å². The molecule has 2 heterocycles. The van der Waals surface area contributed by atoms with Crippen LogP contribution >= 0.6 is 0 Å². The van der Waals surface area contributed by atoms with Crippen molar-refractivity contribution in [3.8, 4) is 0 Å². The lowest BCUT2D eigenvalue weighted by Gasteiger charge is -2.44. The maximum atomic E-state index is 11.5. The fourth-order valence-corrected chi connectivity index (χ4v) is 1.83. The second kappa shape index (κ2) is 3.40. The van der Waals surface area contributed by atoms with Gasteiger partial charge in [0.1, 0.15) is 0 Å². The van der Waals surface area contributed by atoms with Gasteiger partial charge in [0, 0.05) is 6.61 Å². The summed E-state index contributed by atoms with van der Waals surface area (Å²) in [5, 5.41) is 12.3. The molecule has 2 N–H and O–H groups in total. The number of amides is 2. The highest BCUT2D eigenvalue weighted by Crippen LogP contribution is 2.19. The third-order valence-electron chi connectivity index (χ3n) is 2.61. The van der Waals surface area contributed by atoms with Gasteiger partial charge in [0.2, 0.25) is 0 Å². The normalized spacial score (nSPS) is 29.9. The van der Waals surface area contributed by atoms with E-state index in [1.165, 1.54) is 0 Å². The molecule has 0 bridgehead atoms. The van der Waals surface area contributed by atoms with E-state index in [0.29, 0.717) is 19.7 Å². The molecule has 14 heavy (non-hydrogen) atoms. The van der Waals surface area contributed by atoms with Crippen LogP contribution in [0.1, 0.15) is 13.3 Å². The van der Waals surface area contributed by atoms with Gasteiger partial charge < -0.3 is 20.1 Å². The van der Waals surface area contributed by atoms with E-state index in [4.69, 9.17) is 4.74 Å². The van der Waals surface area contributed by atoms with E-state index >= 15 is 0 Å². The van der Waals surface area contributed by atoms with Crippen molar-refractivity contribution < 1.29 is 14.6 Å². The van der Waals surface area contributed by atoms with Crippen LogP contribution in [-0.2, 0) is 4.74 Å². The number of nitrogens with zero attached hydrogens (tertiary/aromatic N) is 1. The summed E-state index contributed by atoms with van der Waals surface area (Å²) in [6.45, 7) is 3.91. The summed E-state index contributed by atoms with van der Waals surface area (Å²) in [4.78, 5) is 13.1. The number of ether oxygens (including phenoxy) is 1. The first-order valence-corrected chi connectivity index (χ1v) is 4.92. The number of hydrogen-bond acceptors (Lipinski definition) is 3. The van der Waals surface area contributed by atoms with Gasteiger partial charge in [-0.2, -0.15) is 0 Å². The van der Waals surface area contributed by atoms with Crippen LogP contribution in [0.3, 0.4) is 0 Å². The Bertz CT molecular complexity index is 228. The molecule has 5 nitrogen and oxygen atoms in total. The zero-order valence-corrected chi connectivity index (χ0v) is 8.32. The lowest BCUT2D eigenvalue weighted by atomic mass is 9.98. The monoisotopic (exact) mass is 200 g/mol. The van der Waals surface area contributed by atoms with Crippen LogP contribution in [0.25, 0.3) is 0 Å². The number of urea groups is 1. The summed E-state index contributed by atoms with van der Waals surface area (Å²) >= 11 is 0. The predicted molar refractivity (Wildman–Crippen MR) is 50.0 cm³/mol. The molecule has 2 rings (SSSR count). The molecule has 0 aromatic heterocycles. The number of nitrogens with one attached hydrogen (secondary N) is 1. The molecule has 2 fully saturated rings. The largest absolute Gasteiger partial charge is 0.386 e. The molecular formula is C9H16N2O3. The number of carbonyl (C=O) groups is 1.